The summed E-state index contributed by atoms with van der Waals surface area (Å²) in [5, 5.41) is 8.55. The summed E-state index contributed by atoms with van der Waals surface area (Å²) in [7, 11) is 0. The molecule has 0 radical (unpaired) electrons. The van der Waals surface area contributed by atoms with Crippen LogP contribution < -0.4 is 4.74 Å². The molecule has 0 bridgehead atoms. The minimum atomic E-state index is -1.12. The van der Waals surface area contributed by atoms with Gasteiger partial charge in [-0.1, -0.05) is 0 Å². The number of benzene rings is 1. The van der Waals surface area contributed by atoms with Crippen LogP contribution in [-0.4, -0.2) is 17.7 Å². The molecule has 0 heterocycles. The summed E-state index contributed by atoms with van der Waals surface area (Å²) in [6, 6.07) is 1.70. The van der Waals surface area contributed by atoms with Crippen molar-refractivity contribution in [3.05, 3.63) is 29.3 Å². The van der Waals surface area contributed by atoms with Crippen molar-refractivity contribution in [3.8, 4) is 5.75 Å². The number of carboxylic acids is 1. The first-order valence-electron chi connectivity index (χ1n) is 4.37. The summed E-state index contributed by atoms with van der Waals surface area (Å²) in [6.07, 6.45) is -0.396. The second-order valence-corrected chi connectivity index (χ2v) is 2.88. The van der Waals surface area contributed by atoms with Crippen molar-refractivity contribution in [2.75, 3.05) is 6.61 Å². The zero-order chi connectivity index (χ0) is 11.4. The number of hydrogen-bond acceptors (Lipinski definition) is 2. The number of halogens is 2. The Hall–Kier alpha value is -1.65. The van der Waals surface area contributed by atoms with Gasteiger partial charge < -0.3 is 9.84 Å². The maximum atomic E-state index is 12.8. The largest absolute Gasteiger partial charge is 0.493 e. The van der Waals surface area contributed by atoms with Crippen LogP contribution in [0.5, 0.6) is 5.75 Å². The molecule has 1 aromatic rings. The first kappa shape index (κ1) is 11.4. The Labute approximate surface area is 85.3 Å². The highest BCUT2D eigenvalue weighted by atomic mass is 19.2. The molecule has 0 saturated carbocycles. The van der Waals surface area contributed by atoms with Crippen LogP contribution >= 0.6 is 0 Å². The van der Waals surface area contributed by atoms with Gasteiger partial charge in [-0.15, -0.1) is 0 Å². The van der Waals surface area contributed by atoms with Gasteiger partial charge in [0.25, 0.3) is 0 Å². The van der Waals surface area contributed by atoms with Gasteiger partial charge in [0.2, 0.25) is 0 Å². The van der Waals surface area contributed by atoms with E-state index in [0.717, 1.165) is 12.1 Å². The first-order chi connectivity index (χ1) is 7.04. The molecule has 0 aliphatic heterocycles. The maximum Gasteiger partial charge on any atom is 0.307 e. The van der Waals surface area contributed by atoms with Gasteiger partial charge in [-0.25, -0.2) is 8.78 Å². The monoisotopic (exact) mass is 216 g/mol. The summed E-state index contributed by atoms with van der Waals surface area (Å²) >= 11 is 0. The Morgan fingerprint density at radius 2 is 2.00 bits per heavy atom. The van der Waals surface area contributed by atoms with Crippen molar-refractivity contribution < 1.29 is 23.4 Å². The van der Waals surface area contributed by atoms with Crippen LogP contribution in [0, 0.1) is 11.6 Å². The van der Waals surface area contributed by atoms with Gasteiger partial charge in [0.1, 0.15) is 5.75 Å². The zero-order valence-corrected chi connectivity index (χ0v) is 8.09. The highest BCUT2D eigenvalue weighted by Crippen LogP contribution is 2.23. The average molecular weight is 216 g/mol. The van der Waals surface area contributed by atoms with E-state index in [-0.39, 0.29) is 17.9 Å². The van der Waals surface area contributed by atoms with E-state index in [0.29, 0.717) is 0 Å². The molecule has 0 unspecified atom stereocenters. The SMILES string of the molecule is CCOc1cc(F)c(F)cc1CC(=O)O. The van der Waals surface area contributed by atoms with E-state index in [1.165, 1.54) is 0 Å². The lowest BCUT2D eigenvalue weighted by atomic mass is 10.1. The fourth-order valence-corrected chi connectivity index (χ4v) is 1.16. The zero-order valence-electron chi connectivity index (χ0n) is 8.09. The molecule has 3 nitrogen and oxygen atoms in total. The van der Waals surface area contributed by atoms with E-state index in [1.807, 2.05) is 0 Å². The van der Waals surface area contributed by atoms with Crippen LogP contribution in [0.1, 0.15) is 12.5 Å². The normalized spacial score (nSPS) is 10.1. The Balaban J connectivity index is 3.09. The van der Waals surface area contributed by atoms with Crippen molar-refractivity contribution >= 4 is 5.97 Å². The second-order valence-electron chi connectivity index (χ2n) is 2.88. The van der Waals surface area contributed by atoms with E-state index < -0.39 is 24.0 Å². The van der Waals surface area contributed by atoms with Crippen LogP contribution in [0.3, 0.4) is 0 Å². The lowest BCUT2D eigenvalue weighted by molar-refractivity contribution is -0.136. The fraction of sp³-hybridized carbons (Fsp3) is 0.300. The smallest absolute Gasteiger partial charge is 0.307 e. The molecule has 0 saturated heterocycles. The van der Waals surface area contributed by atoms with Gasteiger partial charge in [0, 0.05) is 11.6 Å². The number of rotatable bonds is 4. The molecule has 0 aliphatic carbocycles. The van der Waals surface area contributed by atoms with E-state index in [1.54, 1.807) is 6.92 Å². The number of hydrogen-bond donors (Lipinski definition) is 1. The van der Waals surface area contributed by atoms with Crippen molar-refractivity contribution in [1.82, 2.24) is 0 Å². The van der Waals surface area contributed by atoms with Crippen LogP contribution in [0.4, 0.5) is 8.78 Å². The van der Waals surface area contributed by atoms with Gasteiger partial charge in [0.05, 0.1) is 13.0 Å². The standard InChI is InChI=1S/C10H10F2O3/c1-2-15-9-5-8(12)7(11)3-6(9)4-10(13)14/h3,5H,2,4H2,1H3,(H,13,14). The number of ether oxygens (including phenoxy) is 1. The first-order valence-corrected chi connectivity index (χ1v) is 4.37. The van der Waals surface area contributed by atoms with Gasteiger partial charge in [-0.05, 0) is 13.0 Å². The number of carboxylic acid groups (broad SMARTS) is 1. The van der Waals surface area contributed by atoms with Crippen molar-refractivity contribution in [2.24, 2.45) is 0 Å². The molecule has 5 heteroatoms. The summed E-state index contributed by atoms with van der Waals surface area (Å²) in [4.78, 5) is 10.4. The summed E-state index contributed by atoms with van der Waals surface area (Å²) in [5.74, 6) is -3.18. The molecule has 15 heavy (non-hydrogen) atoms. The summed E-state index contributed by atoms with van der Waals surface area (Å²) < 4.78 is 30.6. The van der Waals surface area contributed by atoms with Gasteiger partial charge in [-0.2, -0.15) is 0 Å². The number of aliphatic carboxylic acids is 1. The third kappa shape index (κ3) is 2.90. The fourth-order valence-electron chi connectivity index (χ4n) is 1.16. The topological polar surface area (TPSA) is 46.5 Å². The summed E-state index contributed by atoms with van der Waals surface area (Å²) in [5.41, 5.74) is 0.128. The van der Waals surface area contributed by atoms with Crippen LogP contribution in [-0.2, 0) is 11.2 Å². The molecule has 1 rings (SSSR count). The molecule has 0 fully saturated rings. The highest BCUT2D eigenvalue weighted by molar-refractivity contribution is 5.71. The maximum absolute atomic E-state index is 12.8. The molecule has 0 spiro atoms. The minimum Gasteiger partial charge on any atom is -0.493 e. The lowest BCUT2D eigenvalue weighted by Crippen LogP contribution is -2.05. The van der Waals surface area contributed by atoms with Crippen LogP contribution in [0.15, 0.2) is 12.1 Å². The van der Waals surface area contributed by atoms with Gasteiger partial charge in [-0.3, -0.25) is 4.79 Å². The van der Waals surface area contributed by atoms with Gasteiger partial charge >= 0.3 is 5.97 Å². The molecule has 82 valence electrons. The third-order valence-corrected chi connectivity index (χ3v) is 1.74. The van der Waals surface area contributed by atoms with Crippen LogP contribution in [0.25, 0.3) is 0 Å². The summed E-state index contributed by atoms with van der Waals surface area (Å²) in [6.45, 7) is 1.93. The molecule has 0 aromatic heterocycles. The predicted octanol–water partition coefficient (Wildman–Crippen LogP) is 1.99. The number of carbonyl (C=O) groups is 1. The second kappa shape index (κ2) is 4.72. The molecule has 1 aromatic carbocycles. The van der Waals surface area contributed by atoms with Crippen LogP contribution in [0.2, 0.25) is 0 Å². The lowest BCUT2D eigenvalue weighted by Gasteiger charge is -2.08. The van der Waals surface area contributed by atoms with Crippen molar-refractivity contribution in [3.63, 3.8) is 0 Å². The highest BCUT2D eigenvalue weighted by Gasteiger charge is 2.13. The molecule has 0 amide bonds. The Morgan fingerprint density at radius 3 is 2.53 bits per heavy atom. The Morgan fingerprint density at radius 1 is 1.40 bits per heavy atom. The molecule has 0 aliphatic rings. The minimum absolute atomic E-state index is 0.0683. The van der Waals surface area contributed by atoms with Crippen molar-refractivity contribution in [2.45, 2.75) is 13.3 Å². The third-order valence-electron chi connectivity index (χ3n) is 1.74. The van der Waals surface area contributed by atoms with E-state index in [4.69, 9.17) is 9.84 Å². The molecule has 1 N–H and O–H groups in total. The quantitative estimate of drug-likeness (QED) is 0.837. The molecular formula is C10H10F2O3. The average Bonchev–Trinajstić information content (AvgIpc) is 2.13. The Kier molecular flexibility index (Phi) is 3.60. The van der Waals surface area contributed by atoms with E-state index >= 15 is 0 Å². The molecular weight excluding hydrogens is 206 g/mol. The van der Waals surface area contributed by atoms with E-state index in [2.05, 4.69) is 0 Å². The van der Waals surface area contributed by atoms with Crippen molar-refractivity contribution in [1.29, 1.82) is 0 Å². The van der Waals surface area contributed by atoms with E-state index in [9.17, 15) is 13.6 Å². The predicted molar refractivity (Wildman–Crippen MR) is 48.9 cm³/mol. The molecule has 0 atom stereocenters. The Bertz CT molecular complexity index is 377. The van der Waals surface area contributed by atoms with Gasteiger partial charge in [0.15, 0.2) is 11.6 Å².